The molecule has 0 spiro atoms. The molecular weight excluding hydrogens is 420 g/mol. The second-order valence-corrected chi connectivity index (χ2v) is 9.54. The van der Waals surface area contributed by atoms with Gasteiger partial charge in [-0.25, -0.2) is 4.79 Å². The Balaban J connectivity index is 2.10. The predicted molar refractivity (Wildman–Crippen MR) is 127 cm³/mol. The number of aryl methyl sites for hydroxylation is 1. The molecule has 0 unspecified atom stereocenters. The van der Waals surface area contributed by atoms with Crippen LogP contribution in [0.2, 0.25) is 0 Å². The molecule has 2 aromatic rings. The van der Waals surface area contributed by atoms with Crippen molar-refractivity contribution in [2.45, 2.75) is 67.1 Å². The Morgan fingerprint density at radius 1 is 1.12 bits per heavy atom. The summed E-state index contributed by atoms with van der Waals surface area (Å²) in [5.74, 6) is 2.01. The number of aliphatic hydroxyl groups is 1. The number of fused-ring (bicyclic) bond motifs is 2. The van der Waals surface area contributed by atoms with Crippen molar-refractivity contribution >= 4 is 5.97 Å². The lowest BCUT2D eigenvalue weighted by atomic mass is 9.96. The van der Waals surface area contributed by atoms with E-state index in [0.29, 0.717) is 41.8 Å². The van der Waals surface area contributed by atoms with Gasteiger partial charge in [0.05, 0.1) is 19.8 Å². The highest BCUT2D eigenvalue weighted by atomic mass is 16.6. The molecule has 0 fully saturated rings. The second kappa shape index (κ2) is 10.5. The Morgan fingerprint density at radius 2 is 1.85 bits per heavy atom. The molecule has 0 saturated carbocycles. The van der Waals surface area contributed by atoms with Gasteiger partial charge in [0, 0.05) is 11.1 Å². The zero-order valence-corrected chi connectivity index (χ0v) is 20.8. The van der Waals surface area contributed by atoms with Gasteiger partial charge in [0.2, 0.25) is 0 Å². The zero-order valence-electron chi connectivity index (χ0n) is 20.8. The average molecular weight is 457 g/mol. The molecule has 1 aliphatic rings. The summed E-state index contributed by atoms with van der Waals surface area (Å²) in [5, 5.41) is 10.7. The molecule has 180 valence electrons. The van der Waals surface area contributed by atoms with Crippen LogP contribution in [0.15, 0.2) is 18.2 Å². The maximum absolute atomic E-state index is 13.1. The van der Waals surface area contributed by atoms with E-state index in [1.54, 1.807) is 12.1 Å². The summed E-state index contributed by atoms with van der Waals surface area (Å²) in [5.41, 5.74) is 3.54. The Bertz CT molecular complexity index is 1010. The highest BCUT2D eigenvalue weighted by Crippen LogP contribution is 2.45. The number of esters is 1. The van der Waals surface area contributed by atoms with E-state index in [0.717, 1.165) is 23.1 Å². The van der Waals surface area contributed by atoms with Crippen molar-refractivity contribution in [3.63, 3.8) is 0 Å². The van der Waals surface area contributed by atoms with Gasteiger partial charge < -0.3 is 24.1 Å². The van der Waals surface area contributed by atoms with E-state index < -0.39 is 12.1 Å². The lowest BCUT2D eigenvalue weighted by Gasteiger charge is -2.25. The maximum atomic E-state index is 13.1. The molecule has 0 amide bonds. The number of benzene rings is 2. The number of aliphatic hydroxyl groups excluding tert-OH is 1. The molecule has 1 aliphatic heterocycles. The molecule has 0 aromatic heterocycles. The van der Waals surface area contributed by atoms with Gasteiger partial charge in [0.1, 0.15) is 23.7 Å². The third kappa shape index (κ3) is 5.44. The molecule has 0 aliphatic carbocycles. The van der Waals surface area contributed by atoms with Gasteiger partial charge in [-0.3, -0.25) is 0 Å². The monoisotopic (exact) mass is 456 g/mol. The molecule has 2 aromatic carbocycles. The Kier molecular flexibility index (Phi) is 7.90. The van der Waals surface area contributed by atoms with Crippen LogP contribution in [0.25, 0.3) is 0 Å². The summed E-state index contributed by atoms with van der Waals surface area (Å²) >= 11 is 0. The third-order valence-corrected chi connectivity index (χ3v) is 6.01. The fourth-order valence-electron chi connectivity index (χ4n) is 3.96. The molecule has 1 heterocycles. The first-order valence-corrected chi connectivity index (χ1v) is 11.6. The molecule has 0 saturated heterocycles. The topological polar surface area (TPSA) is 74.2 Å². The van der Waals surface area contributed by atoms with Crippen molar-refractivity contribution in [2.75, 3.05) is 13.7 Å². The third-order valence-electron chi connectivity index (χ3n) is 6.01. The fourth-order valence-corrected chi connectivity index (χ4v) is 3.96. The van der Waals surface area contributed by atoms with Gasteiger partial charge in [-0.1, -0.05) is 27.7 Å². The summed E-state index contributed by atoms with van der Waals surface area (Å²) < 4.78 is 23.7. The van der Waals surface area contributed by atoms with Gasteiger partial charge in [-0.05, 0) is 67.9 Å². The molecule has 6 nitrogen and oxygen atoms in total. The first kappa shape index (κ1) is 24.9. The number of methoxy groups -OCH3 is 1. The summed E-state index contributed by atoms with van der Waals surface area (Å²) in [4.78, 5) is 13.1. The summed E-state index contributed by atoms with van der Waals surface area (Å²) in [6, 6.07) is 5.41. The number of rotatable bonds is 8. The largest absolute Gasteiger partial charge is 0.495 e. The minimum absolute atomic E-state index is 0.0591. The number of ether oxygens (including phenoxy) is 4. The van der Waals surface area contributed by atoms with Gasteiger partial charge >= 0.3 is 5.97 Å². The molecule has 0 radical (unpaired) electrons. The normalized spacial score (nSPS) is 14.1. The number of cyclic esters (lactones) is 1. The van der Waals surface area contributed by atoms with Crippen LogP contribution in [0.5, 0.6) is 23.0 Å². The summed E-state index contributed by atoms with van der Waals surface area (Å²) in [7, 11) is 1.48. The quantitative estimate of drug-likeness (QED) is 0.471. The minimum atomic E-state index is -0.768. The Labute approximate surface area is 196 Å². The van der Waals surface area contributed by atoms with Crippen LogP contribution in [-0.4, -0.2) is 24.8 Å². The van der Waals surface area contributed by atoms with E-state index in [1.807, 2.05) is 33.8 Å². The first-order chi connectivity index (χ1) is 15.6. The minimum Gasteiger partial charge on any atom is -0.495 e. The van der Waals surface area contributed by atoms with Gasteiger partial charge in [-0.15, -0.1) is 0 Å². The number of hydrogen-bond acceptors (Lipinski definition) is 6. The van der Waals surface area contributed by atoms with Crippen molar-refractivity contribution in [2.24, 2.45) is 11.8 Å². The zero-order chi connectivity index (χ0) is 24.3. The van der Waals surface area contributed by atoms with Crippen LogP contribution >= 0.6 is 0 Å². The van der Waals surface area contributed by atoms with Crippen LogP contribution in [0.4, 0.5) is 0 Å². The van der Waals surface area contributed by atoms with E-state index in [2.05, 4.69) is 13.8 Å². The SMILES string of the molecule is COc1c([C@@H](O)CC(C)C)ccc2c1C(=O)OCc1c(C)c(C)cc(OCCC(C)C)c1O2. The highest BCUT2D eigenvalue weighted by molar-refractivity contribution is 5.96. The van der Waals surface area contributed by atoms with Gasteiger partial charge in [0.15, 0.2) is 11.5 Å². The van der Waals surface area contributed by atoms with Gasteiger partial charge in [0.25, 0.3) is 0 Å². The van der Waals surface area contributed by atoms with Crippen LogP contribution in [-0.2, 0) is 11.3 Å². The van der Waals surface area contributed by atoms with Crippen LogP contribution < -0.4 is 14.2 Å². The predicted octanol–water partition coefficient (Wildman–Crippen LogP) is 6.28. The highest BCUT2D eigenvalue weighted by Gasteiger charge is 2.31. The average Bonchev–Trinajstić information content (AvgIpc) is 2.73. The first-order valence-electron chi connectivity index (χ1n) is 11.6. The second-order valence-electron chi connectivity index (χ2n) is 9.54. The van der Waals surface area contributed by atoms with Crippen molar-refractivity contribution in [3.05, 3.63) is 46.0 Å². The van der Waals surface area contributed by atoms with E-state index in [4.69, 9.17) is 18.9 Å². The molecule has 33 heavy (non-hydrogen) atoms. The number of carbonyl (C=O) groups excluding carboxylic acids is 1. The molecule has 1 atom stereocenters. The van der Waals surface area contributed by atoms with Crippen molar-refractivity contribution in [1.29, 1.82) is 0 Å². The molecule has 3 rings (SSSR count). The van der Waals surface area contributed by atoms with E-state index in [9.17, 15) is 9.90 Å². The lowest BCUT2D eigenvalue weighted by molar-refractivity contribution is 0.0453. The van der Waals surface area contributed by atoms with Crippen molar-refractivity contribution in [1.82, 2.24) is 0 Å². The van der Waals surface area contributed by atoms with Crippen LogP contribution in [0.1, 0.15) is 79.3 Å². The lowest BCUT2D eigenvalue weighted by Crippen LogP contribution is -2.16. The van der Waals surface area contributed by atoms with E-state index >= 15 is 0 Å². The number of carbonyl (C=O) groups is 1. The fraction of sp³-hybridized carbons (Fsp3) is 0.519. The van der Waals surface area contributed by atoms with Crippen LogP contribution in [0.3, 0.4) is 0 Å². The molecule has 0 bridgehead atoms. The Hall–Kier alpha value is -2.73. The van der Waals surface area contributed by atoms with Crippen molar-refractivity contribution in [3.8, 4) is 23.0 Å². The summed E-state index contributed by atoms with van der Waals surface area (Å²) in [6.07, 6.45) is 0.689. The van der Waals surface area contributed by atoms with Crippen molar-refractivity contribution < 1.29 is 28.8 Å². The molecule has 1 N–H and O–H groups in total. The molecule has 6 heteroatoms. The van der Waals surface area contributed by atoms with E-state index in [-0.39, 0.29) is 23.8 Å². The molecular formula is C27H36O6. The van der Waals surface area contributed by atoms with Crippen LogP contribution in [0, 0.1) is 25.7 Å². The standard InChI is InChI=1S/C27H36O6/c1-15(2)10-11-31-23-13-17(5)18(6)20-14-32-27(29)24-22(33-25(20)23)9-8-19(26(24)30-7)21(28)12-16(3)4/h8-9,13,15-16,21,28H,10-12,14H2,1-7H3/t21-/m0/s1. The maximum Gasteiger partial charge on any atom is 0.346 e. The smallest absolute Gasteiger partial charge is 0.346 e. The number of hydrogen-bond donors (Lipinski definition) is 1. The van der Waals surface area contributed by atoms with Gasteiger partial charge in [-0.2, -0.15) is 0 Å². The van der Waals surface area contributed by atoms with E-state index in [1.165, 1.54) is 7.11 Å². The Morgan fingerprint density at radius 3 is 2.48 bits per heavy atom. The summed E-state index contributed by atoms with van der Waals surface area (Å²) in [6.45, 7) is 13.0.